The molecule has 0 rings (SSSR count). The van der Waals surface area contributed by atoms with Crippen molar-refractivity contribution in [1.82, 2.24) is 0 Å². The highest BCUT2D eigenvalue weighted by Crippen LogP contribution is 2.27. The number of hydrogen-bond donors (Lipinski definition) is 0. The maximum absolute atomic E-state index is 2.34. The minimum absolute atomic E-state index is 0.993. The molecule has 0 N–H and O–H groups in total. The normalized spacial score (nSPS) is 13.5. The van der Waals surface area contributed by atoms with Gasteiger partial charge < -0.3 is 0 Å². The lowest BCUT2D eigenvalue weighted by molar-refractivity contribution is 0.432. The van der Waals surface area contributed by atoms with Crippen molar-refractivity contribution in [3.8, 4) is 0 Å². The van der Waals surface area contributed by atoms with Crippen LogP contribution in [0.25, 0.3) is 0 Å². The first kappa shape index (κ1) is 33.4. The highest BCUT2D eigenvalue weighted by molar-refractivity contribution is 7.99. The van der Waals surface area contributed by atoms with Crippen LogP contribution in [0, 0.1) is 11.8 Å². The average Bonchev–Trinajstić information content (AvgIpc) is 2.82. The van der Waals surface area contributed by atoms with Gasteiger partial charge >= 0.3 is 0 Å². The molecule has 1 heteroatoms. The van der Waals surface area contributed by atoms with Crippen LogP contribution in [0.1, 0.15) is 182 Å². The van der Waals surface area contributed by atoms with Crippen molar-refractivity contribution in [2.24, 2.45) is 11.8 Å². The van der Waals surface area contributed by atoms with E-state index in [0.29, 0.717) is 0 Å². The third kappa shape index (κ3) is 25.3. The van der Waals surface area contributed by atoms with E-state index >= 15 is 0 Å². The summed E-state index contributed by atoms with van der Waals surface area (Å²) in [6, 6.07) is 0. The molecule has 0 bridgehead atoms. The second kappa shape index (κ2) is 28.6. The quantitative estimate of drug-likeness (QED) is 0.0999. The molecule has 0 amide bonds. The first-order valence-electron chi connectivity index (χ1n) is 15.9. The Balaban J connectivity index is 4.31. The molecule has 0 aromatic carbocycles. The molecule has 0 heterocycles. The summed E-state index contributed by atoms with van der Waals surface area (Å²) in [5, 5.41) is 0. The zero-order valence-corrected chi connectivity index (χ0v) is 24.8. The number of rotatable bonds is 28. The van der Waals surface area contributed by atoms with Gasteiger partial charge in [0, 0.05) is 0 Å². The van der Waals surface area contributed by atoms with E-state index in [0.717, 1.165) is 11.8 Å². The molecule has 0 aliphatic heterocycles. The van der Waals surface area contributed by atoms with Crippen LogP contribution < -0.4 is 0 Å². The van der Waals surface area contributed by atoms with Gasteiger partial charge in [-0.3, -0.25) is 0 Å². The smallest absolute Gasteiger partial charge is 0.00390 e. The molecule has 0 aromatic rings. The minimum Gasteiger partial charge on any atom is -0.161 e. The minimum atomic E-state index is 0.993. The monoisotopic (exact) mass is 482 g/mol. The van der Waals surface area contributed by atoms with Gasteiger partial charge in [0.1, 0.15) is 0 Å². The molecule has 0 aromatic heterocycles. The number of hydrogen-bond acceptors (Lipinski definition) is 1. The molecule has 2 atom stereocenters. The first-order chi connectivity index (χ1) is 16.3. The van der Waals surface area contributed by atoms with Gasteiger partial charge in [-0.05, 0) is 49.0 Å². The zero-order chi connectivity index (χ0) is 24.2. The highest BCUT2D eigenvalue weighted by atomic mass is 32.2. The second-order valence-electron chi connectivity index (χ2n) is 11.1. The fraction of sp³-hybridized carbons (Fsp3) is 1.00. The summed E-state index contributed by atoms with van der Waals surface area (Å²) in [5.41, 5.74) is 0. The Morgan fingerprint density at radius 1 is 0.333 bits per heavy atom. The van der Waals surface area contributed by atoms with Crippen LogP contribution in [-0.2, 0) is 0 Å². The van der Waals surface area contributed by atoms with Crippen LogP contribution in [0.5, 0.6) is 0 Å². The molecular weight excluding hydrogens is 416 g/mol. The largest absolute Gasteiger partial charge is 0.161 e. The zero-order valence-electron chi connectivity index (χ0n) is 23.9. The Morgan fingerprint density at radius 3 is 0.879 bits per heavy atom. The molecular formula is C32H66S. The van der Waals surface area contributed by atoms with Crippen LogP contribution in [0.15, 0.2) is 0 Å². The van der Waals surface area contributed by atoms with Crippen molar-refractivity contribution < 1.29 is 0 Å². The van der Waals surface area contributed by atoms with Crippen LogP contribution >= 0.6 is 11.8 Å². The van der Waals surface area contributed by atoms with Crippen molar-refractivity contribution in [1.29, 1.82) is 0 Å². The molecule has 0 saturated carbocycles. The van der Waals surface area contributed by atoms with Crippen LogP contribution in [0.2, 0.25) is 0 Å². The number of unbranched alkanes of at least 4 members (excludes halogenated alkanes) is 16. The maximum atomic E-state index is 2.34. The van der Waals surface area contributed by atoms with Crippen molar-refractivity contribution in [2.45, 2.75) is 182 Å². The summed E-state index contributed by atoms with van der Waals surface area (Å²) >= 11 is 2.34. The van der Waals surface area contributed by atoms with Gasteiger partial charge in [0.25, 0.3) is 0 Å². The molecule has 200 valence electrons. The molecule has 0 nitrogen and oxygen atoms in total. The lowest BCUT2D eigenvalue weighted by atomic mass is 9.95. The fourth-order valence-electron chi connectivity index (χ4n) is 5.17. The fourth-order valence-corrected chi connectivity index (χ4v) is 6.64. The summed E-state index contributed by atoms with van der Waals surface area (Å²) < 4.78 is 0. The van der Waals surface area contributed by atoms with Crippen LogP contribution in [0.4, 0.5) is 0 Å². The predicted molar refractivity (Wildman–Crippen MR) is 158 cm³/mol. The van der Waals surface area contributed by atoms with E-state index in [1.165, 1.54) is 166 Å². The topological polar surface area (TPSA) is 0 Å². The van der Waals surface area contributed by atoms with Gasteiger partial charge in [-0.2, -0.15) is 11.8 Å². The van der Waals surface area contributed by atoms with Gasteiger partial charge in [-0.15, -0.1) is 0 Å². The number of thioether (sulfide) groups is 1. The van der Waals surface area contributed by atoms with E-state index in [1.807, 2.05) is 0 Å². The van der Waals surface area contributed by atoms with Gasteiger partial charge in [0.2, 0.25) is 0 Å². The van der Waals surface area contributed by atoms with Crippen LogP contribution in [0.3, 0.4) is 0 Å². The van der Waals surface area contributed by atoms with Gasteiger partial charge in [0.05, 0.1) is 0 Å². The lowest BCUT2D eigenvalue weighted by Gasteiger charge is -2.20. The van der Waals surface area contributed by atoms with Gasteiger partial charge in [-0.1, -0.05) is 156 Å². The molecule has 33 heavy (non-hydrogen) atoms. The molecule has 0 aliphatic rings. The van der Waals surface area contributed by atoms with Crippen molar-refractivity contribution in [2.75, 3.05) is 11.5 Å². The van der Waals surface area contributed by atoms with Crippen molar-refractivity contribution >= 4 is 11.8 Å². The Hall–Kier alpha value is 0.350. The third-order valence-corrected chi connectivity index (χ3v) is 8.99. The summed E-state index contributed by atoms with van der Waals surface area (Å²) in [4.78, 5) is 0. The van der Waals surface area contributed by atoms with E-state index in [1.54, 1.807) is 0 Å². The first-order valence-corrected chi connectivity index (χ1v) is 17.0. The predicted octanol–water partition coefficient (Wildman–Crippen LogP) is 12.4. The Kier molecular flexibility index (Phi) is 28.9. The van der Waals surface area contributed by atoms with Crippen molar-refractivity contribution in [3.63, 3.8) is 0 Å². The van der Waals surface area contributed by atoms with Gasteiger partial charge in [-0.25, -0.2) is 0 Å². The van der Waals surface area contributed by atoms with Crippen molar-refractivity contribution in [3.05, 3.63) is 0 Å². The average molecular weight is 483 g/mol. The van der Waals surface area contributed by atoms with E-state index in [-0.39, 0.29) is 0 Å². The summed E-state index contributed by atoms with van der Waals surface area (Å²) in [6.07, 6.45) is 34.9. The van der Waals surface area contributed by atoms with E-state index in [2.05, 4.69) is 39.5 Å². The Labute approximate surface area is 216 Å². The standard InChI is InChI=1S/C32H66S/c1-5-9-13-17-19-23-27-31(25-21-15-11-7-3)29-33-30-32(26-22-16-12-8-4)28-24-20-18-14-10-6-2/h31-32H,5-30H2,1-4H3. The third-order valence-electron chi connectivity index (χ3n) is 7.57. The summed E-state index contributed by atoms with van der Waals surface area (Å²) in [6.45, 7) is 9.34. The van der Waals surface area contributed by atoms with Crippen LogP contribution in [-0.4, -0.2) is 11.5 Å². The molecule has 0 aliphatic carbocycles. The molecule has 0 saturated heterocycles. The lowest BCUT2D eigenvalue weighted by Crippen LogP contribution is -2.09. The summed E-state index contributed by atoms with van der Waals surface area (Å²) in [5.74, 6) is 4.88. The van der Waals surface area contributed by atoms with E-state index in [9.17, 15) is 0 Å². The van der Waals surface area contributed by atoms with E-state index in [4.69, 9.17) is 0 Å². The SMILES string of the molecule is CCCCCCCCC(CCCCCC)CSCC(CCCCCC)CCCCCCCC. The molecule has 0 fully saturated rings. The molecule has 0 spiro atoms. The highest BCUT2D eigenvalue weighted by Gasteiger charge is 2.13. The molecule has 0 radical (unpaired) electrons. The molecule has 2 unspecified atom stereocenters. The Bertz CT molecular complexity index is 307. The Morgan fingerprint density at radius 2 is 0.576 bits per heavy atom. The van der Waals surface area contributed by atoms with E-state index < -0.39 is 0 Å². The maximum Gasteiger partial charge on any atom is -0.00390 e. The van der Waals surface area contributed by atoms with Gasteiger partial charge in [0.15, 0.2) is 0 Å². The summed E-state index contributed by atoms with van der Waals surface area (Å²) in [7, 11) is 0. The second-order valence-corrected chi connectivity index (χ2v) is 12.2.